The van der Waals surface area contributed by atoms with Crippen molar-refractivity contribution in [2.45, 2.75) is 24.7 Å². The van der Waals surface area contributed by atoms with E-state index in [1.165, 1.54) is 23.9 Å². The van der Waals surface area contributed by atoms with Gasteiger partial charge in [0.1, 0.15) is 0 Å². The number of carbonyl (C=O) groups excluding carboxylic acids is 3. The van der Waals surface area contributed by atoms with Crippen LogP contribution in [0.25, 0.3) is 10.8 Å². The zero-order chi connectivity index (χ0) is 25.8. The van der Waals surface area contributed by atoms with Gasteiger partial charge in [-0.1, -0.05) is 54.2 Å². The Kier molecular flexibility index (Phi) is 7.00. The number of anilines is 2. The number of aromatic nitrogens is 3. The van der Waals surface area contributed by atoms with E-state index in [2.05, 4.69) is 50.9 Å². The van der Waals surface area contributed by atoms with Crippen LogP contribution in [-0.4, -0.2) is 38.2 Å². The van der Waals surface area contributed by atoms with E-state index in [0.29, 0.717) is 35.2 Å². The summed E-state index contributed by atoms with van der Waals surface area (Å²) in [6, 6.07) is 19.0. The molecule has 0 aliphatic carbocycles. The number of hydrogen-bond donors (Lipinski definition) is 3. The van der Waals surface area contributed by atoms with Gasteiger partial charge in [-0.3, -0.25) is 19.7 Å². The standard InChI is InChI=1S/C27H24N6O3S/c1-2-13-33-23(16-28-22-9-5-7-17-6-3-4-8-19(17)22)31-32-27(33)37-14-12-24(34)29-18-10-11-20-21(15-18)26(36)30-25(20)35/h2-11,15,28H,1,12-14,16H2,(H,29,34)(H,30,35,36). The summed E-state index contributed by atoms with van der Waals surface area (Å²) in [5.74, 6) is 0.168. The van der Waals surface area contributed by atoms with Crippen molar-refractivity contribution in [3.63, 3.8) is 0 Å². The van der Waals surface area contributed by atoms with Crippen molar-refractivity contribution in [3.05, 3.63) is 90.3 Å². The zero-order valence-electron chi connectivity index (χ0n) is 19.9. The van der Waals surface area contributed by atoms with Gasteiger partial charge in [0.05, 0.1) is 17.7 Å². The van der Waals surface area contributed by atoms with E-state index in [1.807, 2.05) is 28.8 Å². The monoisotopic (exact) mass is 512 g/mol. The predicted octanol–water partition coefficient (Wildman–Crippen LogP) is 4.23. The van der Waals surface area contributed by atoms with Crippen LogP contribution in [0.5, 0.6) is 0 Å². The summed E-state index contributed by atoms with van der Waals surface area (Å²) in [7, 11) is 0. The van der Waals surface area contributed by atoms with Gasteiger partial charge in [0.2, 0.25) is 5.91 Å². The van der Waals surface area contributed by atoms with Crippen molar-refractivity contribution in [2.75, 3.05) is 16.4 Å². The molecule has 0 saturated carbocycles. The lowest BCUT2D eigenvalue weighted by Crippen LogP contribution is -2.19. The minimum Gasteiger partial charge on any atom is -0.377 e. The van der Waals surface area contributed by atoms with Gasteiger partial charge in [0.25, 0.3) is 11.8 Å². The lowest BCUT2D eigenvalue weighted by Gasteiger charge is -2.11. The SMILES string of the molecule is C=CCn1c(CNc2cccc3ccccc23)nnc1SCCC(=O)Nc1ccc2c(c1)C(=O)NC2=O. The Morgan fingerprint density at radius 1 is 1.03 bits per heavy atom. The average Bonchev–Trinajstić information content (AvgIpc) is 3.41. The quantitative estimate of drug-likeness (QED) is 0.165. The molecule has 0 spiro atoms. The Bertz CT molecular complexity index is 1520. The van der Waals surface area contributed by atoms with Crippen LogP contribution < -0.4 is 16.0 Å². The highest BCUT2D eigenvalue weighted by Gasteiger charge is 2.26. The minimum absolute atomic E-state index is 0.204. The maximum absolute atomic E-state index is 12.5. The van der Waals surface area contributed by atoms with Gasteiger partial charge in [-0.2, -0.15) is 0 Å². The van der Waals surface area contributed by atoms with Crippen LogP contribution in [0.1, 0.15) is 33.0 Å². The summed E-state index contributed by atoms with van der Waals surface area (Å²) in [6.07, 6.45) is 2.02. The third-order valence-corrected chi connectivity index (χ3v) is 6.88. The number of nitrogens with one attached hydrogen (secondary N) is 3. The molecule has 10 heteroatoms. The highest BCUT2D eigenvalue weighted by atomic mass is 32.2. The van der Waals surface area contributed by atoms with Gasteiger partial charge in [-0.05, 0) is 29.7 Å². The van der Waals surface area contributed by atoms with E-state index in [0.717, 1.165) is 22.3 Å². The Morgan fingerprint density at radius 2 is 1.84 bits per heavy atom. The van der Waals surface area contributed by atoms with Crippen molar-refractivity contribution in [1.82, 2.24) is 20.1 Å². The second kappa shape index (κ2) is 10.7. The Hall–Kier alpha value is -4.44. The molecule has 37 heavy (non-hydrogen) atoms. The summed E-state index contributed by atoms with van der Waals surface area (Å²) in [5, 5.41) is 20.2. The molecule has 3 aromatic carbocycles. The number of rotatable bonds is 10. The van der Waals surface area contributed by atoms with Crippen LogP contribution >= 0.6 is 11.8 Å². The molecule has 1 aliphatic heterocycles. The van der Waals surface area contributed by atoms with Crippen LogP contribution in [0, 0.1) is 0 Å². The number of nitrogens with zero attached hydrogens (tertiary/aromatic N) is 3. The molecule has 0 saturated heterocycles. The largest absolute Gasteiger partial charge is 0.377 e. The summed E-state index contributed by atoms with van der Waals surface area (Å²) in [6.45, 7) is 4.88. The Balaban J connectivity index is 1.19. The molecule has 2 heterocycles. The summed E-state index contributed by atoms with van der Waals surface area (Å²) in [5.41, 5.74) is 2.06. The molecule has 1 aromatic heterocycles. The second-order valence-electron chi connectivity index (χ2n) is 8.37. The molecular formula is C27H24N6O3S. The van der Waals surface area contributed by atoms with Crippen LogP contribution in [-0.2, 0) is 17.9 Å². The number of allylic oxidation sites excluding steroid dienone is 1. The molecule has 3 amide bonds. The molecule has 1 aliphatic rings. The topological polar surface area (TPSA) is 118 Å². The number of thioether (sulfide) groups is 1. The molecule has 5 rings (SSSR count). The fourth-order valence-corrected chi connectivity index (χ4v) is 5.03. The molecule has 0 atom stereocenters. The fraction of sp³-hybridized carbons (Fsp3) is 0.148. The van der Waals surface area contributed by atoms with E-state index >= 15 is 0 Å². The van der Waals surface area contributed by atoms with Crippen LogP contribution in [0.2, 0.25) is 0 Å². The van der Waals surface area contributed by atoms with Gasteiger partial charge < -0.3 is 15.2 Å². The Labute approximate surface area is 217 Å². The summed E-state index contributed by atoms with van der Waals surface area (Å²) < 4.78 is 1.98. The van der Waals surface area contributed by atoms with Gasteiger partial charge in [0, 0.05) is 35.5 Å². The van der Waals surface area contributed by atoms with E-state index < -0.39 is 11.8 Å². The van der Waals surface area contributed by atoms with Crippen molar-refractivity contribution >= 4 is 51.6 Å². The molecule has 186 valence electrons. The first-order valence-corrected chi connectivity index (χ1v) is 12.7. The number of hydrogen-bond acceptors (Lipinski definition) is 7. The summed E-state index contributed by atoms with van der Waals surface area (Å²) >= 11 is 1.44. The maximum atomic E-state index is 12.5. The second-order valence-corrected chi connectivity index (χ2v) is 9.43. The molecule has 4 aromatic rings. The van der Waals surface area contributed by atoms with Crippen molar-refractivity contribution < 1.29 is 14.4 Å². The van der Waals surface area contributed by atoms with Crippen molar-refractivity contribution in [1.29, 1.82) is 0 Å². The molecular weight excluding hydrogens is 488 g/mol. The van der Waals surface area contributed by atoms with Crippen LogP contribution in [0.3, 0.4) is 0 Å². The number of fused-ring (bicyclic) bond motifs is 2. The normalized spacial score (nSPS) is 12.3. The fourth-order valence-electron chi connectivity index (χ4n) is 4.13. The number of amides is 3. The van der Waals surface area contributed by atoms with Gasteiger partial charge in [0.15, 0.2) is 11.0 Å². The third-order valence-electron chi connectivity index (χ3n) is 5.91. The zero-order valence-corrected chi connectivity index (χ0v) is 20.7. The van der Waals surface area contributed by atoms with Crippen molar-refractivity contribution in [2.24, 2.45) is 0 Å². The van der Waals surface area contributed by atoms with Crippen molar-refractivity contribution in [3.8, 4) is 0 Å². The number of benzene rings is 3. The van der Waals surface area contributed by atoms with E-state index in [1.54, 1.807) is 12.1 Å². The molecule has 0 unspecified atom stereocenters. The highest BCUT2D eigenvalue weighted by molar-refractivity contribution is 7.99. The minimum atomic E-state index is -0.459. The first kappa shape index (κ1) is 24.3. The van der Waals surface area contributed by atoms with E-state index in [-0.39, 0.29) is 17.9 Å². The van der Waals surface area contributed by atoms with E-state index in [4.69, 9.17) is 0 Å². The predicted molar refractivity (Wildman–Crippen MR) is 144 cm³/mol. The number of carbonyl (C=O) groups is 3. The molecule has 0 bridgehead atoms. The van der Waals surface area contributed by atoms with Crippen LogP contribution in [0.4, 0.5) is 11.4 Å². The van der Waals surface area contributed by atoms with Gasteiger partial charge in [-0.15, -0.1) is 16.8 Å². The average molecular weight is 513 g/mol. The molecule has 9 nitrogen and oxygen atoms in total. The Morgan fingerprint density at radius 3 is 2.70 bits per heavy atom. The third kappa shape index (κ3) is 5.24. The number of imide groups is 1. The molecule has 0 fully saturated rings. The smallest absolute Gasteiger partial charge is 0.259 e. The van der Waals surface area contributed by atoms with Gasteiger partial charge in [-0.25, -0.2) is 0 Å². The highest BCUT2D eigenvalue weighted by Crippen LogP contribution is 2.25. The first-order chi connectivity index (χ1) is 18.0. The van der Waals surface area contributed by atoms with E-state index in [9.17, 15) is 14.4 Å². The first-order valence-electron chi connectivity index (χ1n) is 11.7. The molecule has 3 N–H and O–H groups in total. The van der Waals surface area contributed by atoms with Crippen LogP contribution in [0.15, 0.2) is 78.5 Å². The lowest BCUT2D eigenvalue weighted by atomic mass is 10.1. The molecule has 0 radical (unpaired) electrons. The summed E-state index contributed by atoms with van der Waals surface area (Å²) in [4.78, 5) is 36.0. The maximum Gasteiger partial charge on any atom is 0.259 e. The van der Waals surface area contributed by atoms with Gasteiger partial charge >= 0.3 is 0 Å². The lowest BCUT2D eigenvalue weighted by molar-refractivity contribution is -0.115.